The third kappa shape index (κ3) is 5.15. The maximum absolute atomic E-state index is 11.1. The van der Waals surface area contributed by atoms with E-state index in [-0.39, 0.29) is 11.9 Å². The average Bonchev–Trinajstić information content (AvgIpc) is 2.59. The Bertz CT molecular complexity index is 727. The molecule has 0 atom stereocenters. The topological polar surface area (TPSA) is 91.8 Å². The molecule has 1 aliphatic carbocycles. The standard InChI is InChI=1S/C19H26N6O/c1-13-4-5-18(22-11-13)20-6-3-7-21-19-10-17(23-12-24-19)15-8-16(9-15)25-14(2)26/h4-5,10-12,15-16H,3,6-9H2,1-2H3,(H,20,22)(H,25,26)(H,21,23,24). The van der Waals surface area contributed by atoms with Crippen LogP contribution in [0.15, 0.2) is 30.7 Å². The van der Waals surface area contributed by atoms with Crippen molar-refractivity contribution in [2.45, 2.75) is 45.1 Å². The fourth-order valence-corrected chi connectivity index (χ4v) is 3.05. The van der Waals surface area contributed by atoms with E-state index in [1.807, 2.05) is 31.3 Å². The first-order valence-corrected chi connectivity index (χ1v) is 9.09. The van der Waals surface area contributed by atoms with E-state index in [1.165, 1.54) is 0 Å². The van der Waals surface area contributed by atoms with Gasteiger partial charge in [0.1, 0.15) is 18.0 Å². The van der Waals surface area contributed by atoms with Crippen LogP contribution >= 0.6 is 0 Å². The number of nitrogens with zero attached hydrogens (tertiary/aromatic N) is 3. The molecule has 0 radical (unpaired) electrons. The smallest absolute Gasteiger partial charge is 0.217 e. The van der Waals surface area contributed by atoms with E-state index >= 15 is 0 Å². The van der Waals surface area contributed by atoms with Crippen LogP contribution in [-0.4, -0.2) is 40.0 Å². The van der Waals surface area contributed by atoms with Gasteiger partial charge in [0, 0.05) is 49.9 Å². The van der Waals surface area contributed by atoms with E-state index in [0.717, 1.165) is 55.2 Å². The Morgan fingerprint density at radius 3 is 2.58 bits per heavy atom. The van der Waals surface area contributed by atoms with Crippen molar-refractivity contribution in [3.8, 4) is 0 Å². The van der Waals surface area contributed by atoms with Crippen molar-refractivity contribution in [3.05, 3.63) is 42.0 Å². The molecule has 138 valence electrons. The molecule has 2 aromatic heterocycles. The largest absolute Gasteiger partial charge is 0.370 e. The SMILES string of the molecule is CC(=O)NC1CC(c2cc(NCCCNc3ccc(C)cn3)ncn2)C1. The fourth-order valence-electron chi connectivity index (χ4n) is 3.05. The molecule has 3 N–H and O–H groups in total. The second-order valence-corrected chi connectivity index (χ2v) is 6.82. The summed E-state index contributed by atoms with van der Waals surface area (Å²) in [6, 6.07) is 6.34. The van der Waals surface area contributed by atoms with Crippen LogP contribution in [0.25, 0.3) is 0 Å². The van der Waals surface area contributed by atoms with Crippen molar-refractivity contribution in [2.24, 2.45) is 0 Å². The quantitative estimate of drug-likeness (QED) is 0.631. The van der Waals surface area contributed by atoms with Crippen LogP contribution in [0.3, 0.4) is 0 Å². The zero-order valence-corrected chi connectivity index (χ0v) is 15.3. The second kappa shape index (κ2) is 8.60. The highest BCUT2D eigenvalue weighted by Gasteiger charge is 2.31. The number of rotatable bonds is 8. The summed E-state index contributed by atoms with van der Waals surface area (Å²) in [5, 5.41) is 9.60. The number of hydrogen-bond donors (Lipinski definition) is 3. The summed E-state index contributed by atoms with van der Waals surface area (Å²) in [6.07, 6.45) is 6.33. The van der Waals surface area contributed by atoms with Crippen molar-refractivity contribution in [1.29, 1.82) is 0 Å². The number of anilines is 2. The Morgan fingerprint density at radius 1 is 1.12 bits per heavy atom. The lowest BCUT2D eigenvalue weighted by Gasteiger charge is -2.35. The number of aromatic nitrogens is 3. The number of aryl methyl sites for hydroxylation is 1. The van der Waals surface area contributed by atoms with Gasteiger partial charge in [-0.25, -0.2) is 15.0 Å². The van der Waals surface area contributed by atoms with E-state index in [2.05, 4.69) is 30.9 Å². The molecule has 0 aliphatic heterocycles. The summed E-state index contributed by atoms with van der Waals surface area (Å²) in [5.41, 5.74) is 2.21. The maximum Gasteiger partial charge on any atom is 0.217 e. The molecule has 1 aliphatic rings. The third-order valence-electron chi connectivity index (χ3n) is 4.53. The highest BCUT2D eigenvalue weighted by atomic mass is 16.1. The van der Waals surface area contributed by atoms with E-state index in [9.17, 15) is 4.79 Å². The predicted molar refractivity (Wildman–Crippen MR) is 102 cm³/mol. The molecule has 2 heterocycles. The monoisotopic (exact) mass is 354 g/mol. The van der Waals surface area contributed by atoms with Gasteiger partial charge in [-0.05, 0) is 37.8 Å². The normalized spacial score (nSPS) is 18.7. The minimum Gasteiger partial charge on any atom is -0.370 e. The molecule has 7 heteroatoms. The van der Waals surface area contributed by atoms with Crippen molar-refractivity contribution in [2.75, 3.05) is 23.7 Å². The number of nitrogens with one attached hydrogen (secondary N) is 3. The summed E-state index contributed by atoms with van der Waals surface area (Å²) >= 11 is 0. The van der Waals surface area contributed by atoms with E-state index < -0.39 is 0 Å². The summed E-state index contributed by atoms with van der Waals surface area (Å²) in [4.78, 5) is 24.1. The molecule has 0 spiro atoms. The summed E-state index contributed by atoms with van der Waals surface area (Å²) in [7, 11) is 0. The molecule has 1 amide bonds. The van der Waals surface area contributed by atoms with Crippen molar-refractivity contribution >= 4 is 17.5 Å². The molecular weight excluding hydrogens is 328 g/mol. The molecule has 0 bridgehead atoms. The highest BCUT2D eigenvalue weighted by molar-refractivity contribution is 5.73. The van der Waals surface area contributed by atoms with Gasteiger partial charge >= 0.3 is 0 Å². The first kappa shape index (κ1) is 18.1. The molecule has 26 heavy (non-hydrogen) atoms. The van der Waals surface area contributed by atoms with Gasteiger partial charge in [-0.3, -0.25) is 4.79 Å². The Kier molecular flexibility index (Phi) is 5.99. The van der Waals surface area contributed by atoms with Crippen LogP contribution in [0.4, 0.5) is 11.6 Å². The van der Waals surface area contributed by atoms with Gasteiger partial charge in [0.25, 0.3) is 0 Å². The highest BCUT2D eigenvalue weighted by Crippen LogP contribution is 2.36. The van der Waals surface area contributed by atoms with Gasteiger partial charge in [-0.1, -0.05) is 6.07 Å². The summed E-state index contributed by atoms with van der Waals surface area (Å²) < 4.78 is 0. The first-order valence-electron chi connectivity index (χ1n) is 9.09. The Balaban J connectivity index is 1.37. The lowest BCUT2D eigenvalue weighted by atomic mass is 9.78. The maximum atomic E-state index is 11.1. The van der Waals surface area contributed by atoms with E-state index in [4.69, 9.17) is 0 Å². The Hall–Kier alpha value is -2.70. The molecule has 0 unspecified atom stereocenters. The van der Waals surface area contributed by atoms with Crippen LogP contribution in [0, 0.1) is 6.92 Å². The van der Waals surface area contributed by atoms with Gasteiger partial charge < -0.3 is 16.0 Å². The van der Waals surface area contributed by atoms with Gasteiger partial charge in [0.2, 0.25) is 5.91 Å². The molecule has 2 aromatic rings. The number of amides is 1. The lowest BCUT2D eigenvalue weighted by Crippen LogP contribution is -2.42. The zero-order valence-electron chi connectivity index (χ0n) is 15.3. The van der Waals surface area contributed by atoms with Crippen molar-refractivity contribution in [3.63, 3.8) is 0 Å². The molecule has 1 saturated carbocycles. The summed E-state index contributed by atoms with van der Waals surface area (Å²) in [5.74, 6) is 2.20. The van der Waals surface area contributed by atoms with Crippen LogP contribution in [0.1, 0.15) is 43.4 Å². The Morgan fingerprint density at radius 2 is 1.88 bits per heavy atom. The van der Waals surface area contributed by atoms with Gasteiger partial charge in [0.15, 0.2) is 0 Å². The lowest BCUT2D eigenvalue weighted by molar-refractivity contribution is -0.120. The minimum atomic E-state index is 0.0351. The average molecular weight is 354 g/mol. The van der Waals surface area contributed by atoms with Gasteiger partial charge in [-0.15, -0.1) is 0 Å². The molecule has 3 rings (SSSR count). The van der Waals surface area contributed by atoms with Crippen LogP contribution in [-0.2, 0) is 4.79 Å². The Labute approximate surface area is 154 Å². The first-order chi connectivity index (χ1) is 12.6. The van der Waals surface area contributed by atoms with Crippen molar-refractivity contribution < 1.29 is 4.79 Å². The van der Waals surface area contributed by atoms with Crippen LogP contribution < -0.4 is 16.0 Å². The summed E-state index contributed by atoms with van der Waals surface area (Å²) in [6.45, 7) is 5.26. The number of pyridine rings is 1. The van der Waals surface area contributed by atoms with Crippen LogP contribution in [0.5, 0.6) is 0 Å². The van der Waals surface area contributed by atoms with E-state index in [0.29, 0.717) is 5.92 Å². The number of carbonyl (C=O) groups is 1. The van der Waals surface area contributed by atoms with Crippen molar-refractivity contribution in [1.82, 2.24) is 20.3 Å². The molecule has 7 nitrogen and oxygen atoms in total. The molecular formula is C19H26N6O. The number of hydrogen-bond acceptors (Lipinski definition) is 6. The third-order valence-corrected chi connectivity index (χ3v) is 4.53. The van der Waals surface area contributed by atoms with Crippen LogP contribution in [0.2, 0.25) is 0 Å². The second-order valence-electron chi connectivity index (χ2n) is 6.82. The molecule has 0 saturated heterocycles. The zero-order chi connectivity index (χ0) is 18.4. The molecule has 1 fully saturated rings. The fraction of sp³-hybridized carbons (Fsp3) is 0.474. The van der Waals surface area contributed by atoms with E-state index in [1.54, 1.807) is 13.3 Å². The van der Waals surface area contributed by atoms with Gasteiger partial charge in [-0.2, -0.15) is 0 Å². The van der Waals surface area contributed by atoms with Gasteiger partial charge in [0.05, 0.1) is 0 Å². The predicted octanol–water partition coefficient (Wildman–Crippen LogP) is 2.48. The minimum absolute atomic E-state index is 0.0351. The molecule has 0 aromatic carbocycles. The number of carbonyl (C=O) groups excluding carboxylic acids is 1.